The zero-order chi connectivity index (χ0) is 63.6. The van der Waals surface area contributed by atoms with Crippen molar-refractivity contribution in [2.75, 3.05) is 101 Å². The van der Waals surface area contributed by atoms with Gasteiger partial charge in [0, 0.05) is 101 Å². The molecule has 13 aromatic rings. The number of alkyl halides is 1. The third-order valence-electron chi connectivity index (χ3n) is 16.3. The lowest BCUT2D eigenvalue weighted by Crippen LogP contribution is -2.36. The van der Waals surface area contributed by atoms with Gasteiger partial charge < -0.3 is 63.4 Å². The SMILES string of the molecule is Clc1nc2c(cc(OCc3ccccc3)c3ccccc32)[nH]1.O=C1C(=O)c2[nH]c(N3CCOCC3)nc2-c2ccccc21.Oc1cc2[nH]c(N3CCOCC3)nc2c2ccccc12.[2H]CF.c1ccc(COc2cc3[nH]c(N4CCOCC4)nc3c3ccccc23)cc1. The standard InChI is InChI=1S/C22H21N3O2.C18H13ClN2O.C15H13N3O3.C15H15N3O2.CH3F/c1-2-6-16(7-3-1)15-27-20-14-19-21(18-9-5-4-8-17(18)20)24-22(23-19)25-10-12-26-13-11-25;19-18-20-15-10-16(22-11-12-6-2-1-3-7-12)13-8-4-5-9-14(13)17(15)21-18;19-13-10-4-2-1-3-9(10)11-12(14(13)20)17-15(16-11)18-5-7-21-8-6-18;19-13-9-12-14(11-4-2-1-3-10(11)13)17-15(16-12)18-5-7-20-8-6-18;1-2/h1-9,14H,10-13,15H2,(H,23,24);1-10H,11H2,(H,20,21);1-4H,5-8H2,(H,16,17);1-4,9,19H,5-8H2,(H,16,17);1H3/i;;;;1D. The van der Waals surface area contributed by atoms with Crippen LogP contribution in [0, 0.1) is 0 Å². The van der Waals surface area contributed by atoms with E-state index in [1.165, 1.54) is 0 Å². The lowest BCUT2D eigenvalue weighted by Gasteiger charge is -2.26. The number of phenols is 1. The van der Waals surface area contributed by atoms with Crippen molar-refractivity contribution in [3.05, 3.63) is 204 Å². The van der Waals surface area contributed by atoms with Gasteiger partial charge in [0.15, 0.2) is 0 Å². The van der Waals surface area contributed by atoms with Gasteiger partial charge >= 0.3 is 0 Å². The Labute approximate surface area is 534 Å². The molecule has 3 fully saturated rings. The van der Waals surface area contributed by atoms with Gasteiger partial charge in [-0.1, -0.05) is 158 Å². The van der Waals surface area contributed by atoms with E-state index in [0.29, 0.717) is 60.2 Å². The van der Waals surface area contributed by atoms with E-state index in [2.05, 4.69) is 70.0 Å². The molecule has 0 unspecified atom stereocenters. The van der Waals surface area contributed by atoms with Crippen molar-refractivity contribution in [2.24, 2.45) is 0 Å². The van der Waals surface area contributed by atoms with Crippen molar-refractivity contribution in [1.29, 1.82) is 0 Å². The molecule has 3 saturated heterocycles. The monoisotopic (exact) mass is 1250 g/mol. The molecule has 466 valence electrons. The molecular formula is C71H65ClFN11O8. The number of imidazole rings is 4. The first kappa shape index (κ1) is 59.3. The normalized spacial score (nSPS) is 14.7. The summed E-state index contributed by atoms with van der Waals surface area (Å²) in [6.07, 6.45) is 0. The minimum absolute atomic E-state index is 0.283. The second-order valence-electron chi connectivity index (χ2n) is 22.0. The number of hydrogen-bond donors (Lipinski definition) is 5. The molecule has 4 aliphatic rings. The average molecular weight is 1260 g/mol. The van der Waals surface area contributed by atoms with Crippen LogP contribution >= 0.6 is 11.6 Å². The van der Waals surface area contributed by atoms with Crippen LogP contribution < -0.4 is 24.2 Å². The molecule has 0 spiro atoms. The minimum Gasteiger partial charge on any atom is -0.507 e. The van der Waals surface area contributed by atoms with Gasteiger partial charge in [-0.05, 0) is 22.7 Å². The van der Waals surface area contributed by atoms with E-state index in [-0.39, 0.29) is 5.75 Å². The van der Waals surface area contributed by atoms with Crippen molar-refractivity contribution in [3.8, 4) is 28.5 Å². The molecule has 0 amide bonds. The molecule has 0 saturated carbocycles. The highest BCUT2D eigenvalue weighted by atomic mass is 35.5. The maximum atomic E-state index is 12.2. The summed E-state index contributed by atoms with van der Waals surface area (Å²) in [5, 5.41) is 16.6. The van der Waals surface area contributed by atoms with Crippen LogP contribution in [0.4, 0.5) is 22.2 Å². The fourth-order valence-corrected chi connectivity index (χ4v) is 11.9. The van der Waals surface area contributed by atoms with Crippen LogP contribution in [0.15, 0.2) is 176 Å². The lowest BCUT2D eigenvalue weighted by atomic mass is 9.90. The van der Waals surface area contributed by atoms with Crippen LogP contribution in [0.25, 0.3) is 76.7 Å². The van der Waals surface area contributed by atoms with Crippen molar-refractivity contribution in [1.82, 2.24) is 39.9 Å². The highest BCUT2D eigenvalue weighted by molar-refractivity contribution is 6.52. The Hall–Kier alpha value is -10.4. The zero-order valence-corrected chi connectivity index (χ0v) is 50.8. The number of Topliss-reactive ketones (excluding diaryl/α,β-unsaturated/α-hetero) is 2. The molecule has 4 aromatic heterocycles. The minimum atomic E-state index is -1.00. The lowest BCUT2D eigenvalue weighted by molar-refractivity contribution is 0.0812. The number of hydrogen-bond acceptors (Lipinski definition) is 15. The summed E-state index contributed by atoms with van der Waals surface area (Å²) < 4.78 is 43.8. The number of fused-ring (bicyclic) bond motifs is 12. The Morgan fingerprint density at radius 1 is 0.478 bits per heavy atom. The van der Waals surface area contributed by atoms with Crippen LogP contribution in [0.1, 0.15) is 33.3 Å². The Kier molecular flexibility index (Phi) is 17.9. The predicted octanol–water partition coefficient (Wildman–Crippen LogP) is 13.2. The first-order valence-corrected chi connectivity index (χ1v) is 30.6. The molecule has 0 atom stereocenters. The Morgan fingerprint density at radius 2 is 0.859 bits per heavy atom. The van der Waals surface area contributed by atoms with Gasteiger partial charge in [-0.15, -0.1) is 0 Å². The van der Waals surface area contributed by atoms with Crippen LogP contribution in [0.3, 0.4) is 0 Å². The number of ketones is 2. The summed E-state index contributed by atoms with van der Waals surface area (Å²) in [5.41, 5.74) is 9.79. The van der Waals surface area contributed by atoms with Crippen LogP contribution in [-0.4, -0.2) is 143 Å². The smallest absolute Gasteiger partial charge is 0.252 e. The quantitative estimate of drug-likeness (QED) is 0.0848. The van der Waals surface area contributed by atoms with E-state index < -0.39 is 18.7 Å². The number of aromatic hydroxyl groups is 1. The number of phenolic OH excluding ortho intramolecular Hbond substituents is 1. The Morgan fingerprint density at radius 3 is 1.35 bits per heavy atom. The number of ether oxygens (including phenoxy) is 5. The van der Waals surface area contributed by atoms with Gasteiger partial charge in [0.05, 0.1) is 81.3 Å². The largest absolute Gasteiger partial charge is 0.507 e. The summed E-state index contributed by atoms with van der Waals surface area (Å²) in [5.74, 6) is 3.36. The third-order valence-corrected chi connectivity index (χ3v) is 16.5. The van der Waals surface area contributed by atoms with Gasteiger partial charge in [-0.3, -0.25) is 14.0 Å². The topological polar surface area (TPSA) is 225 Å². The zero-order valence-electron chi connectivity index (χ0n) is 51.0. The Bertz CT molecular complexity index is 4760. The molecule has 9 aromatic carbocycles. The van der Waals surface area contributed by atoms with E-state index in [1.807, 2.05) is 132 Å². The van der Waals surface area contributed by atoms with Crippen molar-refractivity contribution >= 4 is 106 Å². The van der Waals surface area contributed by atoms with E-state index in [1.54, 1.807) is 18.2 Å². The van der Waals surface area contributed by atoms with Gasteiger partial charge in [-0.2, -0.15) is 0 Å². The average Bonchev–Trinajstić information content (AvgIpc) is 1.73. The number of morpholine rings is 3. The summed E-state index contributed by atoms with van der Waals surface area (Å²) in [6.45, 7) is 10.1. The molecular weight excluding hydrogens is 1190 g/mol. The van der Waals surface area contributed by atoms with Crippen molar-refractivity contribution < 1.29 is 44.1 Å². The number of halogens is 2. The molecule has 0 bridgehead atoms. The fraction of sp³-hybridized carbons (Fsp3) is 0.211. The predicted molar refractivity (Wildman–Crippen MR) is 358 cm³/mol. The molecule has 19 nitrogen and oxygen atoms in total. The maximum Gasteiger partial charge on any atom is 0.252 e. The van der Waals surface area contributed by atoms with Crippen molar-refractivity contribution in [2.45, 2.75) is 13.2 Å². The van der Waals surface area contributed by atoms with Gasteiger partial charge in [0.25, 0.3) is 5.78 Å². The second kappa shape index (κ2) is 27.8. The number of aromatic nitrogens is 8. The van der Waals surface area contributed by atoms with Gasteiger partial charge in [0.2, 0.25) is 28.9 Å². The third kappa shape index (κ3) is 12.9. The number of carbonyl (C=O) groups is 2. The molecule has 5 N–H and O–H groups in total. The van der Waals surface area contributed by atoms with Crippen LogP contribution in [0.5, 0.6) is 17.2 Å². The molecule has 92 heavy (non-hydrogen) atoms. The van der Waals surface area contributed by atoms with E-state index in [0.717, 1.165) is 166 Å². The van der Waals surface area contributed by atoms with E-state index >= 15 is 0 Å². The fourth-order valence-electron chi connectivity index (χ4n) is 11.7. The summed E-state index contributed by atoms with van der Waals surface area (Å²) in [4.78, 5) is 62.1. The van der Waals surface area contributed by atoms with E-state index in [9.17, 15) is 19.1 Å². The first-order chi connectivity index (χ1) is 45.7. The van der Waals surface area contributed by atoms with Crippen LogP contribution in [0.2, 0.25) is 5.28 Å². The highest BCUT2D eigenvalue weighted by Crippen LogP contribution is 2.38. The summed E-state index contributed by atoms with van der Waals surface area (Å²) >= 11 is 6.00. The number of rotatable bonds is 9. The molecule has 17 rings (SSSR count). The van der Waals surface area contributed by atoms with Crippen LogP contribution in [-0.2, 0) is 27.4 Å². The number of anilines is 3. The highest BCUT2D eigenvalue weighted by Gasteiger charge is 2.34. The molecule has 7 heterocycles. The van der Waals surface area contributed by atoms with Gasteiger partial charge in [0.1, 0.15) is 41.9 Å². The molecule has 3 aliphatic heterocycles. The molecule has 0 radical (unpaired) electrons. The Balaban J connectivity index is 0.000000112. The number of nitrogens with one attached hydrogen (secondary N) is 4. The number of carbonyl (C=O) groups excluding carboxylic acids is 2. The summed E-state index contributed by atoms with van der Waals surface area (Å²) in [7, 11) is -1.00. The number of H-pyrrole nitrogens is 4. The van der Waals surface area contributed by atoms with E-state index in [4.69, 9.17) is 46.6 Å². The molecule has 21 heteroatoms. The number of benzene rings is 9. The first-order valence-electron chi connectivity index (χ1n) is 30.9. The van der Waals surface area contributed by atoms with Crippen molar-refractivity contribution in [3.63, 3.8) is 0 Å². The number of nitrogens with zero attached hydrogens (tertiary/aromatic N) is 7. The van der Waals surface area contributed by atoms with Gasteiger partial charge in [-0.25, -0.2) is 19.9 Å². The summed E-state index contributed by atoms with van der Waals surface area (Å²) in [6, 6.07) is 57.3. The number of aromatic amines is 4. The second-order valence-corrected chi connectivity index (χ2v) is 22.3. The maximum absolute atomic E-state index is 12.2. The molecule has 1 aliphatic carbocycles.